The Balaban J connectivity index is 1.42. The molecular formula is C22H25N3O2S. The molecule has 3 heterocycles. The fourth-order valence-electron chi connectivity index (χ4n) is 3.79. The molecule has 1 aromatic carbocycles. The van der Waals surface area contributed by atoms with Crippen LogP contribution in [0, 0.1) is 19.8 Å². The van der Waals surface area contributed by atoms with E-state index >= 15 is 0 Å². The van der Waals surface area contributed by atoms with Gasteiger partial charge in [0, 0.05) is 18.0 Å². The zero-order valence-corrected chi connectivity index (χ0v) is 17.3. The monoisotopic (exact) mass is 395 g/mol. The lowest BCUT2D eigenvalue weighted by Crippen LogP contribution is -2.37. The Morgan fingerprint density at radius 2 is 1.89 bits per heavy atom. The van der Waals surface area contributed by atoms with E-state index in [1.807, 2.05) is 37.3 Å². The van der Waals surface area contributed by atoms with E-state index in [0.29, 0.717) is 0 Å². The van der Waals surface area contributed by atoms with Gasteiger partial charge in [0.2, 0.25) is 0 Å². The number of esters is 1. The molecule has 0 unspecified atom stereocenters. The second kappa shape index (κ2) is 7.87. The summed E-state index contributed by atoms with van der Waals surface area (Å²) in [5.41, 5.74) is 2.29. The van der Waals surface area contributed by atoms with E-state index in [2.05, 4.69) is 28.7 Å². The van der Waals surface area contributed by atoms with E-state index < -0.39 is 0 Å². The van der Waals surface area contributed by atoms with E-state index in [-0.39, 0.29) is 18.0 Å². The van der Waals surface area contributed by atoms with Gasteiger partial charge in [-0.25, -0.2) is 9.97 Å². The predicted molar refractivity (Wildman–Crippen MR) is 113 cm³/mol. The lowest BCUT2D eigenvalue weighted by atomic mass is 9.96. The van der Waals surface area contributed by atoms with Crippen molar-refractivity contribution in [3.8, 4) is 0 Å². The van der Waals surface area contributed by atoms with Gasteiger partial charge in [-0.1, -0.05) is 30.3 Å². The Morgan fingerprint density at radius 3 is 2.61 bits per heavy atom. The van der Waals surface area contributed by atoms with Crippen LogP contribution in [0.3, 0.4) is 0 Å². The number of hydrogen-bond acceptors (Lipinski definition) is 6. The molecule has 2 aromatic heterocycles. The lowest BCUT2D eigenvalue weighted by molar-refractivity contribution is -0.154. The molecule has 4 rings (SSSR count). The second-order valence-corrected chi connectivity index (χ2v) is 8.61. The Bertz CT molecular complexity index is 978. The number of carbonyl (C=O) groups excluding carboxylic acids is 1. The lowest BCUT2D eigenvalue weighted by Gasteiger charge is -2.32. The summed E-state index contributed by atoms with van der Waals surface area (Å²) in [5.74, 6) is 0.854. The molecule has 0 amide bonds. The van der Waals surface area contributed by atoms with Crippen molar-refractivity contribution in [3.05, 3.63) is 52.7 Å². The van der Waals surface area contributed by atoms with Gasteiger partial charge >= 0.3 is 5.97 Å². The second-order valence-electron chi connectivity index (χ2n) is 7.41. The Morgan fingerprint density at radius 1 is 1.18 bits per heavy atom. The van der Waals surface area contributed by atoms with E-state index in [4.69, 9.17) is 4.74 Å². The van der Waals surface area contributed by atoms with Gasteiger partial charge in [0.25, 0.3) is 0 Å². The highest BCUT2D eigenvalue weighted by Gasteiger charge is 2.29. The first-order valence-electron chi connectivity index (χ1n) is 9.75. The first kappa shape index (κ1) is 18.9. The molecule has 3 aromatic rings. The quantitative estimate of drug-likeness (QED) is 0.592. The summed E-state index contributed by atoms with van der Waals surface area (Å²) in [6.07, 6.45) is 3.00. The minimum absolute atomic E-state index is 0.0509. The SMILES string of the molecule is Cc1sc2ncnc(N3CCC(C(=O)O[C@H](C)c4ccccc4)CC3)c2c1C. The van der Waals surface area contributed by atoms with Crippen LogP contribution in [0.1, 0.15) is 41.9 Å². The van der Waals surface area contributed by atoms with Crippen molar-refractivity contribution in [1.82, 2.24) is 9.97 Å². The van der Waals surface area contributed by atoms with Crippen LogP contribution in [0.4, 0.5) is 5.82 Å². The molecule has 0 radical (unpaired) electrons. The number of piperidine rings is 1. The minimum atomic E-state index is -0.218. The average molecular weight is 396 g/mol. The van der Waals surface area contributed by atoms with Gasteiger partial charge < -0.3 is 9.64 Å². The third-order valence-corrected chi connectivity index (χ3v) is 6.75. The van der Waals surface area contributed by atoms with Crippen LogP contribution >= 0.6 is 11.3 Å². The predicted octanol–water partition coefficient (Wildman–Crippen LogP) is 4.83. The number of ether oxygens (including phenoxy) is 1. The van der Waals surface area contributed by atoms with Crippen LogP contribution in [0.5, 0.6) is 0 Å². The van der Waals surface area contributed by atoms with Gasteiger partial charge in [-0.15, -0.1) is 11.3 Å². The summed E-state index contributed by atoms with van der Waals surface area (Å²) in [4.78, 5) is 26.2. The van der Waals surface area contributed by atoms with Crippen LogP contribution in [0.25, 0.3) is 10.2 Å². The summed E-state index contributed by atoms with van der Waals surface area (Å²) in [6, 6.07) is 9.89. The average Bonchev–Trinajstić information content (AvgIpc) is 3.02. The maximum absolute atomic E-state index is 12.6. The number of anilines is 1. The third kappa shape index (κ3) is 3.61. The van der Waals surface area contributed by atoms with Crippen LogP contribution in [0.15, 0.2) is 36.7 Å². The molecule has 1 atom stereocenters. The number of aryl methyl sites for hydroxylation is 2. The zero-order valence-electron chi connectivity index (χ0n) is 16.5. The van der Waals surface area contributed by atoms with Crippen LogP contribution in [0.2, 0.25) is 0 Å². The van der Waals surface area contributed by atoms with Gasteiger partial charge in [-0.2, -0.15) is 0 Å². The molecule has 146 valence electrons. The zero-order chi connectivity index (χ0) is 19.7. The number of nitrogens with zero attached hydrogens (tertiary/aromatic N) is 3. The molecular weight excluding hydrogens is 370 g/mol. The normalized spacial score (nSPS) is 16.3. The van der Waals surface area contributed by atoms with Gasteiger partial charge in [0.05, 0.1) is 11.3 Å². The van der Waals surface area contributed by atoms with Crippen molar-refractivity contribution in [3.63, 3.8) is 0 Å². The Labute approximate surface area is 169 Å². The topological polar surface area (TPSA) is 55.3 Å². The minimum Gasteiger partial charge on any atom is -0.458 e. The van der Waals surface area contributed by atoms with E-state index in [1.165, 1.54) is 10.4 Å². The van der Waals surface area contributed by atoms with Crippen LogP contribution < -0.4 is 4.90 Å². The summed E-state index contributed by atoms with van der Waals surface area (Å²) in [5, 5.41) is 1.16. The molecule has 5 nitrogen and oxygen atoms in total. The molecule has 6 heteroatoms. The highest BCUT2D eigenvalue weighted by molar-refractivity contribution is 7.18. The smallest absolute Gasteiger partial charge is 0.309 e. The summed E-state index contributed by atoms with van der Waals surface area (Å²) >= 11 is 1.72. The highest BCUT2D eigenvalue weighted by Crippen LogP contribution is 2.35. The first-order chi connectivity index (χ1) is 13.5. The molecule has 0 bridgehead atoms. The van der Waals surface area contributed by atoms with Crippen molar-refractivity contribution in [2.24, 2.45) is 5.92 Å². The number of hydrogen-bond donors (Lipinski definition) is 0. The van der Waals surface area contributed by atoms with Crippen molar-refractivity contribution >= 4 is 33.3 Å². The Hall–Kier alpha value is -2.47. The van der Waals surface area contributed by atoms with Crippen molar-refractivity contribution < 1.29 is 9.53 Å². The fraction of sp³-hybridized carbons (Fsp3) is 0.409. The van der Waals surface area contributed by atoms with E-state index in [9.17, 15) is 4.79 Å². The van der Waals surface area contributed by atoms with Crippen LogP contribution in [-0.2, 0) is 9.53 Å². The summed E-state index contributed by atoms with van der Waals surface area (Å²) in [6.45, 7) is 7.80. The van der Waals surface area contributed by atoms with E-state index in [0.717, 1.165) is 47.5 Å². The molecule has 0 saturated carbocycles. The van der Waals surface area contributed by atoms with Crippen molar-refractivity contribution in [2.45, 2.75) is 39.7 Å². The molecule has 1 fully saturated rings. The number of benzene rings is 1. The molecule has 0 spiro atoms. The molecule has 1 aliphatic rings. The summed E-state index contributed by atoms with van der Waals surface area (Å²) < 4.78 is 5.73. The van der Waals surface area contributed by atoms with Crippen molar-refractivity contribution in [1.29, 1.82) is 0 Å². The van der Waals surface area contributed by atoms with Crippen molar-refractivity contribution in [2.75, 3.05) is 18.0 Å². The molecule has 0 aliphatic carbocycles. The molecule has 0 N–H and O–H groups in total. The molecule has 28 heavy (non-hydrogen) atoms. The number of carbonyl (C=O) groups is 1. The number of aromatic nitrogens is 2. The summed E-state index contributed by atoms with van der Waals surface area (Å²) in [7, 11) is 0. The van der Waals surface area contributed by atoms with Gasteiger partial charge in [-0.3, -0.25) is 4.79 Å². The van der Waals surface area contributed by atoms with Crippen LogP contribution in [-0.4, -0.2) is 29.0 Å². The highest BCUT2D eigenvalue weighted by atomic mass is 32.1. The maximum Gasteiger partial charge on any atom is 0.309 e. The number of fused-ring (bicyclic) bond motifs is 1. The third-order valence-electron chi connectivity index (χ3n) is 5.64. The Kier molecular flexibility index (Phi) is 5.31. The maximum atomic E-state index is 12.6. The molecule has 1 saturated heterocycles. The number of rotatable bonds is 4. The standard InChI is InChI=1S/C22H25N3O2S/c1-14-16(3)28-21-19(14)20(23-13-24-21)25-11-9-18(10-12-25)22(26)27-15(2)17-7-5-4-6-8-17/h4-8,13,15,18H,9-12H2,1-3H3/t15-/m1/s1. The van der Waals surface area contributed by atoms with E-state index in [1.54, 1.807) is 17.7 Å². The first-order valence-corrected chi connectivity index (χ1v) is 10.6. The number of thiophene rings is 1. The largest absolute Gasteiger partial charge is 0.458 e. The van der Waals surface area contributed by atoms with Gasteiger partial charge in [-0.05, 0) is 44.7 Å². The van der Waals surface area contributed by atoms with Gasteiger partial charge in [0.15, 0.2) is 0 Å². The fourth-order valence-corrected chi connectivity index (χ4v) is 4.78. The van der Waals surface area contributed by atoms with Gasteiger partial charge in [0.1, 0.15) is 23.1 Å². The molecule has 1 aliphatic heterocycles.